The number of carbonyl (C=O) groups is 3. The lowest BCUT2D eigenvalue weighted by atomic mass is 10.1. The average Bonchev–Trinajstić information content (AvgIpc) is 3.06. The highest BCUT2D eigenvalue weighted by Gasteiger charge is 2.27. The van der Waals surface area contributed by atoms with Crippen LogP contribution in [0, 0.1) is 0 Å². The van der Waals surface area contributed by atoms with E-state index in [1.54, 1.807) is 42.2 Å². The fraction of sp³-hybridized carbons (Fsp3) is 0.158. The maximum atomic E-state index is 12.8. The highest BCUT2D eigenvalue weighted by Crippen LogP contribution is 2.21. The maximum absolute atomic E-state index is 12.8. The zero-order valence-corrected chi connectivity index (χ0v) is 16.6. The monoisotopic (exact) mass is 440 g/mol. The first kappa shape index (κ1) is 23.6. The fourth-order valence-corrected chi connectivity index (χ4v) is 2.79. The van der Waals surface area contributed by atoms with Gasteiger partial charge < -0.3 is 26.7 Å². The number of benzene rings is 2. The van der Waals surface area contributed by atoms with Crippen molar-refractivity contribution in [2.45, 2.75) is 0 Å². The summed E-state index contributed by atoms with van der Waals surface area (Å²) in [6, 6.07) is 11.8. The Labute approximate surface area is 173 Å². The molecule has 0 aliphatic rings. The second kappa shape index (κ2) is 9.41. The van der Waals surface area contributed by atoms with Crippen LogP contribution in [-0.4, -0.2) is 43.9 Å². The lowest BCUT2D eigenvalue weighted by Gasteiger charge is -2.06. The molecule has 0 aliphatic carbocycles. The van der Waals surface area contributed by atoms with Gasteiger partial charge >= 0.3 is 25.1 Å². The number of ether oxygens (including phenoxy) is 2. The van der Waals surface area contributed by atoms with E-state index in [0.29, 0.717) is 16.6 Å². The molecule has 12 heteroatoms. The molecule has 0 radical (unpaired) electrons. The molecule has 1 aromatic heterocycles. The van der Waals surface area contributed by atoms with E-state index in [1.165, 1.54) is 30.9 Å². The molecular formula is C19H17BF4N2O5. The van der Waals surface area contributed by atoms with Crippen molar-refractivity contribution in [1.29, 1.82) is 0 Å². The van der Waals surface area contributed by atoms with E-state index in [2.05, 4.69) is 0 Å². The second-order valence-electron chi connectivity index (χ2n) is 6.13. The van der Waals surface area contributed by atoms with Gasteiger partial charge in [0.1, 0.15) is 0 Å². The molecule has 0 N–H and O–H groups in total. The Bertz CT molecular complexity index is 1120. The molecule has 31 heavy (non-hydrogen) atoms. The van der Waals surface area contributed by atoms with Crippen LogP contribution in [0.5, 0.6) is 0 Å². The highest BCUT2D eigenvalue weighted by molar-refractivity contribution is 6.50. The molecule has 0 unspecified atom stereocenters. The molecule has 0 aliphatic heterocycles. The Morgan fingerprint density at radius 2 is 1.39 bits per heavy atom. The van der Waals surface area contributed by atoms with Crippen LogP contribution in [0.25, 0.3) is 11.0 Å². The smallest absolute Gasteiger partial charge is 0.465 e. The van der Waals surface area contributed by atoms with Gasteiger partial charge in [0.05, 0.1) is 38.0 Å². The summed E-state index contributed by atoms with van der Waals surface area (Å²) in [4.78, 5) is 37.0. The molecule has 3 aromatic rings. The topological polar surface area (TPSA) is 78.5 Å². The number of rotatable bonds is 3. The third kappa shape index (κ3) is 5.68. The number of esters is 2. The molecule has 0 atom stereocenters. The van der Waals surface area contributed by atoms with E-state index in [4.69, 9.17) is 9.47 Å². The first-order valence-corrected chi connectivity index (χ1v) is 8.66. The van der Waals surface area contributed by atoms with Gasteiger partial charge in [-0.3, -0.25) is 0 Å². The standard InChI is InChI=1S/C19H17N2O5.BF4/c1-20-11-21(17(22)12-7-5-4-6-8-12)16-10-14(19(24)26-3)13(9-15(16)20)18(23)25-2;2-1(3,4)5/h4-11H,1-3H3;/q+1;-1. The molecule has 164 valence electrons. The van der Waals surface area contributed by atoms with Crippen LogP contribution in [0.1, 0.15) is 31.1 Å². The molecule has 0 fully saturated rings. The van der Waals surface area contributed by atoms with E-state index < -0.39 is 19.2 Å². The Morgan fingerprint density at radius 3 is 1.87 bits per heavy atom. The van der Waals surface area contributed by atoms with Gasteiger partial charge in [0.15, 0.2) is 11.0 Å². The second-order valence-corrected chi connectivity index (χ2v) is 6.13. The molecule has 0 spiro atoms. The number of aromatic nitrogens is 2. The van der Waals surface area contributed by atoms with Crippen LogP contribution in [0.4, 0.5) is 17.3 Å². The molecule has 2 aromatic carbocycles. The van der Waals surface area contributed by atoms with Gasteiger partial charge in [-0.05, 0) is 12.1 Å². The quantitative estimate of drug-likeness (QED) is 0.271. The molecule has 3 rings (SSSR count). The van der Waals surface area contributed by atoms with Crippen LogP contribution in [0.3, 0.4) is 0 Å². The first-order chi connectivity index (χ1) is 14.5. The lowest BCUT2D eigenvalue weighted by molar-refractivity contribution is -0.645. The van der Waals surface area contributed by atoms with E-state index in [1.807, 2.05) is 6.07 Å². The minimum Gasteiger partial charge on any atom is -0.465 e. The van der Waals surface area contributed by atoms with Crippen molar-refractivity contribution in [3.05, 3.63) is 65.5 Å². The van der Waals surface area contributed by atoms with Crippen LogP contribution in [0.15, 0.2) is 48.8 Å². The first-order valence-electron chi connectivity index (χ1n) is 8.66. The summed E-state index contributed by atoms with van der Waals surface area (Å²) < 4.78 is 51.6. The zero-order valence-electron chi connectivity index (χ0n) is 16.6. The number of methoxy groups -OCH3 is 2. The summed E-state index contributed by atoms with van der Waals surface area (Å²) in [5, 5.41) is 0. The minimum atomic E-state index is -6.00. The number of fused-ring (bicyclic) bond motifs is 1. The lowest BCUT2D eigenvalue weighted by Crippen LogP contribution is -2.26. The molecule has 0 saturated carbocycles. The molecule has 0 bridgehead atoms. The van der Waals surface area contributed by atoms with Crippen LogP contribution >= 0.6 is 0 Å². The molecule has 0 amide bonds. The number of hydrogen-bond donors (Lipinski definition) is 0. The predicted octanol–water partition coefficient (Wildman–Crippen LogP) is 3.03. The van der Waals surface area contributed by atoms with Crippen molar-refractivity contribution in [2.24, 2.45) is 7.05 Å². The van der Waals surface area contributed by atoms with Gasteiger partial charge in [-0.25, -0.2) is 19.0 Å². The van der Waals surface area contributed by atoms with Crippen LogP contribution in [-0.2, 0) is 16.5 Å². The van der Waals surface area contributed by atoms with Crippen molar-refractivity contribution in [1.82, 2.24) is 4.57 Å². The molecular weight excluding hydrogens is 423 g/mol. The van der Waals surface area contributed by atoms with Crippen molar-refractivity contribution in [3.8, 4) is 0 Å². The number of halogens is 4. The summed E-state index contributed by atoms with van der Waals surface area (Å²) >= 11 is 0. The Morgan fingerprint density at radius 1 is 0.903 bits per heavy atom. The summed E-state index contributed by atoms with van der Waals surface area (Å²) in [5.74, 6) is -1.60. The van der Waals surface area contributed by atoms with Crippen molar-refractivity contribution in [3.63, 3.8) is 0 Å². The van der Waals surface area contributed by atoms with Crippen molar-refractivity contribution in [2.75, 3.05) is 14.2 Å². The summed E-state index contributed by atoms with van der Waals surface area (Å²) in [6.45, 7) is 0. The van der Waals surface area contributed by atoms with E-state index in [9.17, 15) is 31.6 Å². The Kier molecular flexibility index (Phi) is 7.16. The van der Waals surface area contributed by atoms with Crippen molar-refractivity contribution >= 4 is 36.1 Å². The molecule has 7 nitrogen and oxygen atoms in total. The highest BCUT2D eigenvalue weighted by atomic mass is 19.5. The number of hydrogen-bond acceptors (Lipinski definition) is 5. The number of aryl methyl sites for hydroxylation is 1. The summed E-state index contributed by atoms with van der Waals surface area (Å²) in [5.41, 5.74) is 1.69. The molecule has 1 heterocycles. The molecule has 0 saturated heterocycles. The number of nitrogens with zero attached hydrogens (tertiary/aromatic N) is 2. The largest absolute Gasteiger partial charge is 0.673 e. The van der Waals surface area contributed by atoms with E-state index >= 15 is 0 Å². The van der Waals surface area contributed by atoms with E-state index in [0.717, 1.165) is 0 Å². The van der Waals surface area contributed by atoms with Gasteiger partial charge in [-0.1, -0.05) is 18.2 Å². The third-order valence-electron chi connectivity index (χ3n) is 4.09. The van der Waals surface area contributed by atoms with Crippen molar-refractivity contribution < 1.29 is 45.7 Å². The average molecular weight is 440 g/mol. The minimum absolute atomic E-state index is 0.0349. The van der Waals surface area contributed by atoms with Gasteiger partial charge in [-0.2, -0.15) is 4.57 Å². The fourth-order valence-electron chi connectivity index (χ4n) is 2.79. The predicted molar refractivity (Wildman–Crippen MR) is 102 cm³/mol. The number of imidazole rings is 1. The summed E-state index contributed by atoms with van der Waals surface area (Å²) in [7, 11) is -1.80. The number of carbonyl (C=O) groups excluding carboxylic acids is 3. The van der Waals surface area contributed by atoms with Gasteiger partial charge in [-0.15, -0.1) is 0 Å². The third-order valence-corrected chi connectivity index (χ3v) is 4.09. The zero-order chi connectivity index (χ0) is 23.3. The summed E-state index contributed by atoms with van der Waals surface area (Å²) in [6.07, 6.45) is 1.60. The van der Waals surface area contributed by atoms with Gasteiger partial charge in [0.2, 0.25) is 0 Å². The van der Waals surface area contributed by atoms with Gasteiger partial charge in [0, 0.05) is 12.1 Å². The Hall–Kier alpha value is -3.70. The normalized spacial score (nSPS) is 10.8. The van der Waals surface area contributed by atoms with Gasteiger partial charge in [0.25, 0.3) is 6.33 Å². The van der Waals surface area contributed by atoms with Crippen LogP contribution in [0.2, 0.25) is 0 Å². The SMILES string of the molecule is COC(=O)c1cc2c(cc1C(=O)OC)[n+](C)cn2C(=O)c1ccccc1.F[B-](F)(F)F. The van der Waals surface area contributed by atoms with Crippen LogP contribution < -0.4 is 4.57 Å². The van der Waals surface area contributed by atoms with E-state index in [-0.39, 0.29) is 17.0 Å². The Balaban J connectivity index is 0.000000614. The maximum Gasteiger partial charge on any atom is 0.673 e.